The predicted octanol–water partition coefficient (Wildman–Crippen LogP) is -0.688. The minimum Gasteiger partial charge on any atom is -0.479 e. The van der Waals surface area contributed by atoms with Crippen molar-refractivity contribution in [2.24, 2.45) is 11.7 Å². The van der Waals surface area contributed by atoms with Crippen molar-refractivity contribution < 1.29 is 19.8 Å². The summed E-state index contributed by atoms with van der Waals surface area (Å²) in [5.74, 6) is -1.82. The first-order valence-electron chi connectivity index (χ1n) is 5.21. The van der Waals surface area contributed by atoms with Crippen molar-refractivity contribution in [3.05, 3.63) is 0 Å². The number of carbonyl (C=O) groups excluding carboxylic acids is 1. The normalized spacial score (nSPS) is 18.3. The number of nitrogens with two attached hydrogens (primary N) is 1. The van der Waals surface area contributed by atoms with Crippen LogP contribution in [0.3, 0.4) is 0 Å². The van der Waals surface area contributed by atoms with Crippen molar-refractivity contribution in [3.63, 3.8) is 0 Å². The molecule has 16 heavy (non-hydrogen) atoms. The third-order valence-electron chi connectivity index (χ3n) is 2.63. The van der Waals surface area contributed by atoms with Crippen molar-refractivity contribution in [2.75, 3.05) is 6.54 Å². The van der Waals surface area contributed by atoms with Gasteiger partial charge in [0.05, 0.1) is 12.6 Å². The van der Waals surface area contributed by atoms with Gasteiger partial charge in [0.25, 0.3) is 0 Å². The fourth-order valence-corrected chi connectivity index (χ4v) is 0.965. The third-order valence-corrected chi connectivity index (χ3v) is 2.63. The highest BCUT2D eigenvalue weighted by atomic mass is 16.4. The van der Waals surface area contributed by atoms with Crippen molar-refractivity contribution >= 4 is 11.9 Å². The summed E-state index contributed by atoms with van der Waals surface area (Å²) in [5, 5.41) is 20.3. The van der Waals surface area contributed by atoms with Gasteiger partial charge in [0.1, 0.15) is 0 Å². The molecular weight excluding hydrogens is 212 g/mol. The van der Waals surface area contributed by atoms with Gasteiger partial charge in [0, 0.05) is 0 Å². The molecule has 6 nitrogen and oxygen atoms in total. The maximum Gasteiger partial charge on any atom is 0.337 e. The van der Waals surface area contributed by atoms with Gasteiger partial charge >= 0.3 is 5.97 Å². The highest BCUT2D eigenvalue weighted by Crippen LogP contribution is 2.06. The first-order chi connectivity index (χ1) is 7.22. The number of amides is 1. The molecule has 0 rings (SSSR count). The molecule has 1 amide bonds. The Morgan fingerprint density at radius 1 is 1.50 bits per heavy atom. The number of nitrogens with one attached hydrogen (secondary N) is 1. The van der Waals surface area contributed by atoms with Crippen molar-refractivity contribution in [2.45, 2.75) is 38.8 Å². The summed E-state index contributed by atoms with van der Waals surface area (Å²) in [5.41, 5.74) is 3.67. The van der Waals surface area contributed by atoms with Crippen LogP contribution in [-0.4, -0.2) is 40.3 Å². The quantitative estimate of drug-likeness (QED) is 0.484. The van der Waals surface area contributed by atoms with Crippen LogP contribution in [0.15, 0.2) is 0 Å². The van der Waals surface area contributed by atoms with Gasteiger partial charge in [-0.2, -0.15) is 0 Å². The smallest absolute Gasteiger partial charge is 0.337 e. The number of aliphatic hydroxyl groups is 1. The third kappa shape index (κ3) is 4.16. The summed E-state index contributed by atoms with van der Waals surface area (Å²) >= 11 is 0. The van der Waals surface area contributed by atoms with E-state index in [-0.39, 0.29) is 12.5 Å². The number of carboxylic acids is 1. The average molecular weight is 232 g/mol. The number of aliphatic carboxylic acids is 1. The predicted molar refractivity (Wildman–Crippen MR) is 58.7 cm³/mol. The van der Waals surface area contributed by atoms with E-state index in [4.69, 9.17) is 10.8 Å². The molecule has 0 saturated heterocycles. The molecule has 0 radical (unpaired) electrons. The van der Waals surface area contributed by atoms with Gasteiger partial charge in [0.2, 0.25) is 5.91 Å². The highest BCUT2D eigenvalue weighted by Gasteiger charge is 2.31. The van der Waals surface area contributed by atoms with Crippen LogP contribution in [0.1, 0.15) is 27.2 Å². The summed E-state index contributed by atoms with van der Waals surface area (Å²) in [7, 11) is 0. The topological polar surface area (TPSA) is 113 Å². The molecule has 0 aromatic rings. The Morgan fingerprint density at radius 2 is 2.00 bits per heavy atom. The second-order valence-corrected chi connectivity index (χ2v) is 4.21. The monoisotopic (exact) mass is 232 g/mol. The fraction of sp³-hybridized carbons (Fsp3) is 0.800. The molecule has 6 heteroatoms. The largest absolute Gasteiger partial charge is 0.479 e. The summed E-state index contributed by atoms with van der Waals surface area (Å²) < 4.78 is 0. The first kappa shape index (κ1) is 14.9. The maximum absolute atomic E-state index is 11.5. The van der Waals surface area contributed by atoms with Crippen molar-refractivity contribution in [1.82, 2.24) is 5.32 Å². The number of hydrogen-bond acceptors (Lipinski definition) is 4. The molecule has 2 unspecified atom stereocenters. The second kappa shape index (κ2) is 5.81. The van der Waals surface area contributed by atoms with E-state index in [0.29, 0.717) is 0 Å². The molecule has 0 heterocycles. The Balaban J connectivity index is 4.22. The van der Waals surface area contributed by atoms with Crippen LogP contribution < -0.4 is 11.1 Å². The zero-order valence-electron chi connectivity index (χ0n) is 9.86. The van der Waals surface area contributed by atoms with Crippen molar-refractivity contribution in [3.8, 4) is 0 Å². The van der Waals surface area contributed by atoms with Gasteiger partial charge in [-0.15, -0.1) is 0 Å². The Kier molecular flexibility index (Phi) is 5.40. The highest BCUT2D eigenvalue weighted by molar-refractivity contribution is 5.83. The van der Waals surface area contributed by atoms with E-state index in [2.05, 4.69) is 5.32 Å². The average Bonchev–Trinajstić information content (AvgIpc) is 2.23. The molecule has 3 atom stereocenters. The summed E-state index contributed by atoms with van der Waals surface area (Å²) in [6.45, 7) is 4.50. The molecule has 0 aliphatic carbocycles. The van der Waals surface area contributed by atoms with E-state index in [1.165, 1.54) is 0 Å². The van der Waals surface area contributed by atoms with Crippen molar-refractivity contribution in [1.29, 1.82) is 0 Å². The minimum absolute atomic E-state index is 0.00905. The van der Waals surface area contributed by atoms with Crippen LogP contribution in [0.4, 0.5) is 0 Å². The molecule has 0 saturated carbocycles. The first-order valence-corrected chi connectivity index (χ1v) is 5.21. The fourth-order valence-electron chi connectivity index (χ4n) is 0.965. The number of hydrogen-bond donors (Lipinski definition) is 4. The maximum atomic E-state index is 11.5. The Bertz CT molecular complexity index is 266. The van der Waals surface area contributed by atoms with E-state index >= 15 is 0 Å². The van der Waals surface area contributed by atoms with Gasteiger partial charge in [-0.05, 0) is 12.8 Å². The van der Waals surface area contributed by atoms with Crippen LogP contribution in [0.5, 0.6) is 0 Å². The van der Waals surface area contributed by atoms with Crippen LogP contribution in [0.2, 0.25) is 0 Å². The lowest BCUT2D eigenvalue weighted by molar-refractivity contribution is -0.156. The molecule has 0 aromatic heterocycles. The zero-order chi connectivity index (χ0) is 12.9. The summed E-state index contributed by atoms with van der Waals surface area (Å²) in [6, 6.07) is -0.686. The van der Waals surface area contributed by atoms with E-state index in [1.807, 2.05) is 13.8 Å². The molecule has 5 N–H and O–H groups in total. The van der Waals surface area contributed by atoms with Gasteiger partial charge in [-0.25, -0.2) is 4.79 Å². The standard InChI is InChI=1S/C10H20N2O4/c1-4-6(2)7(11)8(13)12-5-10(3,16)9(14)15/h6-7,16H,4-5,11H2,1-3H3,(H,12,13)(H,14,15)/t6?,7-,10?/m0/s1. The summed E-state index contributed by atoms with van der Waals surface area (Å²) in [6.07, 6.45) is 0.754. The Hall–Kier alpha value is -1.14. The van der Waals surface area contributed by atoms with Gasteiger partial charge in [-0.1, -0.05) is 20.3 Å². The molecule has 0 aliphatic heterocycles. The van der Waals surface area contributed by atoms with Gasteiger partial charge in [0.15, 0.2) is 5.60 Å². The Labute approximate surface area is 94.8 Å². The lowest BCUT2D eigenvalue weighted by atomic mass is 9.99. The van der Waals surface area contributed by atoms with E-state index in [0.717, 1.165) is 13.3 Å². The minimum atomic E-state index is -1.97. The second-order valence-electron chi connectivity index (χ2n) is 4.21. The van der Waals surface area contributed by atoms with E-state index in [9.17, 15) is 14.7 Å². The van der Waals surface area contributed by atoms with Crippen LogP contribution in [-0.2, 0) is 9.59 Å². The van der Waals surface area contributed by atoms with Gasteiger partial charge in [-0.3, -0.25) is 4.79 Å². The van der Waals surface area contributed by atoms with Crippen LogP contribution in [0.25, 0.3) is 0 Å². The van der Waals surface area contributed by atoms with Crippen LogP contribution >= 0.6 is 0 Å². The molecule has 94 valence electrons. The number of carboxylic acid groups (broad SMARTS) is 1. The molecule has 0 aliphatic rings. The lowest BCUT2D eigenvalue weighted by Crippen LogP contribution is -2.51. The van der Waals surface area contributed by atoms with E-state index < -0.39 is 23.5 Å². The molecule has 0 spiro atoms. The molecule has 0 bridgehead atoms. The van der Waals surface area contributed by atoms with E-state index in [1.54, 1.807) is 0 Å². The van der Waals surface area contributed by atoms with Gasteiger partial charge < -0.3 is 21.3 Å². The molecular formula is C10H20N2O4. The zero-order valence-corrected chi connectivity index (χ0v) is 9.86. The SMILES string of the molecule is CCC(C)[C@H](N)C(=O)NCC(C)(O)C(=O)O. The molecule has 0 fully saturated rings. The Morgan fingerprint density at radius 3 is 2.38 bits per heavy atom. The van der Waals surface area contributed by atoms with Crippen LogP contribution in [0, 0.1) is 5.92 Å². The lowest BCUT2D eigenvalue weighted by Gasteiger charge is -2.22. The summed E-state index contributed by atoms with van der Waals surface area (Å²) in [4.78, 5) is 22.0. The molecule has 0 aromatic carbocycles. The number of carbonyl (C=O) groups is 2. The number of rotatable bonds is 6.